The van der Waals surface area contributed by atoms with Gasteiger partial charge in [0.25, 0.3) is 11.8 Å². The number of hydrogen-bond acceptors (Lipinski definition) is 5. The minimum absolute atomic E-state index is 0.0913. The zero-order chi connectivity index (χ0) is 16.3. The molecule has 0 aromatic heterocycles. The molecule has 9 heteroatoms. The maximum Gasteiger partial charge on any atom is 0.411 e. The third-order valence-electron chi connectivity index (χ3n) is 2.67. The summed E-state index contributed by atoms with van der Waals surface area (Å²) in [5, 5.41) is 0.288. The summed E-state index contributed by atoms with van der Waals surface area (Å²) in [5.74, 6) is -2.65. The van der Waals surface area contributed by atoms with Gasteiger partial charge in [-0.15, -0.1) is 0 Å². The lowest BCUT2D eigenvalue weighted by atomic mass is 10.1. The zero-order valence-electron chi connectivity index (χ0n) is 11.1. The number of benzene rings is 1. The Morgan fingerprint density at radius 2 is 1.64 bits per heavy atom. The van der Waals surface area contributed by atoms with Gasteiger partial charge in [-0.3, -0.25) is 9.59 Å². The predicted molar refractivity (Wildman–Crippen MR) is 64.5 cm³/mol. The van der Waals surface area contributed by atoms with Crippen LogP contribution in [-0.2, 0) is 14.4 Å². The number of carbonyl (C=O) groups is 3. The fourth-order valence-corrected chi connectivity index (χ4v) is 1.74. The average molecular weight is 317 g/mol. The van der Waals surface area contributed by atoms with Crippen LogP contribution in [0.2, 0.25) is 0 Å². The van der Waals surface area contributed by atoms with Crippen molar-refractivity contribution >= 4 is 17.8 Å². The molecule has 0 radical (unpaired) electrons. The summed E-state index contributed by atoms with van der Waals surface area (Å²) >= 11 is 0. The first-order chi connectivity index (χ1) is 10.3. The summed E-state index contributed by atoms with van der Waals surface area (Å²) in [4.78, 5) is 39.7. The Kier molecular flexibility index (Phi) is 4.45. The van der Waals surface area contributed by atoms with Crippen LogP contribution in [0, 0.1) is 0 Å². The summed E-state index contributed by atoms with van der Waals surface area (Å²) in [6.07, 6.45) is -5.02. The highest BCUT2D eigenvalue weighted by Gasteiger charge is 2.38. The standard InChI is InChI=1S/C13H10F3NO5/c14-13(15,16)7-21-6-5-10(18)22-17-11(19)8-3-1-2-4-9(8)12(17)20/h1-4H,5-7H2. The number of carbonyl (C=O) groups excluding carboxylic acids is 3. The van der Waals surface area contributed by atoms with Gasteiger partial charge in [0.2, 0.25) is 0 Å². The number of alkyl halides is 3. The number of hydroxylamine groups is 2. The molecular weight excluding hydrogens is 307 g/mol. The van der Waals surface area contributed by atoms with Crippen LogP contribution in [0.1, 0.15) is 27.1 Å². The van der Waals surface area contributed by atoms with E-state index in [1.165, 1.54) is 12.1 Å². The molecule has 1 aliphatic heterocycles. The molecule has 2 rings (SSSR count). The lowest BCUT2D eigenvalue weighted by molar-refractivity contribution is -0.181. The van der Waals surface area contributed by atoms with E-state index in [1.807, 2.05) is 0 Å². The third-order valence-corrected chi connectivity index (χ3v) is 2.67. The zero-order valence-corrected chi connectivity index (χ0v) is 11.1. The Morgan fingerprint density at radius 1 is 1.09 bits per heavy atom. The Hall–Kier alpha value is -2.42. The van der Waals surface area contributed by atoms with Gasteiger partial charge >= 0.3 is 12.1 Å². The summed E-state index contributed by atoms with van der Waals surface area (Å²) < 4.78 is 39.7. The van der Waals surface area contributed by atoms with E-state index in [-0.39, 0.29) is 16.2 Å². The molecule has 2 amide bonds. The van der Waals surface area contributed by atoms with Crippen LogP contribution in [0.15, 0.2) is 24.3 Å². The number of rotatable bonds is 5. The summed E-state index contributed by atoms with van der Waals surface area (Å²) in [6.45, 7) is -2.03. The maximum atomic E-state index is 11.9. The topological polar surface area (TPSA) is 72.9 Å². The van der Waals surface area contributed by atoms with Crippen molar-refractivity contribution in [2.45, 2.75) is 12.6 Å². The first-order valence-electron chi connectivity index (χ1n) is 6.13. The fourth-order valence-electron chi connectivity index (χ4n) is 1.74. The van der Waals surface area contributed by atoms with Gasteiger partial charge in [-0.25, -0.2) is 4.79 Å². The van der Waals surface area contributed by atoms with Crippen molar-refractivity contribution in [3.05, 3.63) is 35.4 Å². The number of amides is 2. The summed E-state index contributed by atoms with van der Waals surface area (Å²) in [5.41, 5.74) is 0.183. The van der Waals surface area contributed by atoms with Gasteiger partial charge in [-0.05, 0) is 12.1 Å². The quantitative estimate of drug-likeness (QED) is 0.610. The second kappa shape index (κ2) is 6.14. The number of fused-ring (bicyclic) bond motifs is 1. The Bertz CT molecular complexity index is 579. The highest BCUT2D eigenvalue weighted by Crippen LogP contribution is 2.22. The van der Waals surface area contributed by atoms with E-state index in [9.17, 15) is 27.6 Å². The highest BCUT2D eigenvalue weighted by atomic mass is 19.4. The largest absolute Gasteiger partial charge is 0.411 e. The Balaban J connectivity index is 1.86. The minimum atomic E-state index is -4.49. The molecule has 0 unspecified atom stereocenters. The first-order valence-corrected chi connectivity index (χ1v) is 6.13. The summed E-state index contributed by atoms with van der Waals surface area (Å²) in [6, 6.07) is 5.88. The van der Waals surface area contributed by atoms with E-state index in [1.54, 1.807) is 12.1 Å². The van der Waals surface area contributed by atoms with E-state index in [4.69, 9.17) is 0 Å². The van der Waals surface area contributed by atoms with Crippen LogP contribution in [0.25, 0.3) is 0 Å². The van der Waals surface area contributed by atoms with Crippen molar-refractivity contribution in [2.75, 3.05) is 13.2 Å². The number of hydrogen-bond donors (Lipinski definition) is 0. The molecule has 0 fully saturated rings. The second-order valence-corrected chi connectivity index (χ2v) is 4.33. The van der Waals surface area contributed by atoms with Crippen molar-refractivity contribution in [1.82, 2.24) is 5.06 Å². The molecule has 0 aliphatic carbocycles. The van der Waals surface area contributed by atoms with Crippen LogP contribution in [0.3, 0.4) is 0 Å². The molecule has 1 aromatic carbocycles. The monoisotopic (exact) mass is 317 g/mol. The molecular formula is C13H10F3NO5. The molecule has 6 nitrogen and oxygen atoms in total. The lowest BCUT2D eigenvalue weighted by Crippen LogP contribution is -2.33. The van der Waals surface area contributed by atoms with Crippen LogP contribution in [0.5, 0.6) is 0 Å². The normalized spacial score (nSPS) is 14.2. The third kappa shape index (κ3) is 3.61. The molecule has 1 aliphatic rings. The molecule has 1 aromatic rings. The molecule has 22 heavy (non-hydrogen) atoms. The molecule has 0 bridgehead atoms. The second-order valence-electron chi connectivity index (χ2n) is 4.33. The van der Waals surface area contributed by atoms with Crippen LogP contribution in [0.4, 0.5) is 13.2 Å². The van der Waals surface area contributed by atoms with Crippen LogP contribution in [-0.4, -0.2) is 42.2 Å². The SMILES string of the molecule is O=C(CCOCC(F)(F)F)ON1C(=O)c2ccccc2C1=O. The van der Waals surface area contributed by atoms with Crippen LogP contribution < -0.4 is 0 Å². The smallest absolute Gasteiger partial charge is 0.371 e. The van der Waals surface area contributed by atoms with E-state index >= 15 is 0 Å². The van der Waals surface area contributed by atoms with Crippen molar-refractivity contribution in [3.8, 4) is 0 Å². The van der Waals surface area contributed by atoms with Crippen molar-refractivity contribution in [3.63, 3.8) is 0 Å². The fraction of sp³-hybridized carbons (Fsp3) is 0.308. The molecule has 118 valence electrons. The van der Waals surface area contributed by atoms with Gasteiger partial charge in [-0.2, -0.15) is 13.2 Å². The first kappa shape index (κ1) is 16.0. The van der Waals surface area contributed by atoms with Gasteiger partial charge in [-0.1, -0.05) is 17.2 Å². The maximum absolute atomic E-state index is 11.9. The number of imide groups is 1. The van der Waals surface area contributed by atoms with Gasteiger partial charge < -0.3 is 9.57 Å². The van der Waals surface area contributed by atoms with E-state index < -0.39 is 43.6 Å². The van der Waals surface area contributed by atoms with Gasteiger partial charge in [0.15, 0.2) is 0 Å². The Morgan fingerprint density at radius 3 is 2.14 bits per heavy atom. The van der Waals surface area contributed by atoms with Crippen molar-refractivity contribution in [2.24, 2.45) is 0 Å². The highest BCUT2D eigenvalue weighted by molar-refractivity contribution is 6.20. The van der Waals surface area contributed by atoms with E-state index in [0.717, 1.165) is 0 Å². The molecule has 0 N–H and O–H groups in total. The van der Waals surface area contributed by atoms with Gasteiger partial charge in [0, 0.05) is 0 Å². The van der Waals surface area contributed by atoms with Crippen molar-refractivity contribution in [1.29, 1.82) is 0 Å². The van der Waals surface area contributed by atoms with Crippen LogP contribution >= 0.6 is 0 Å². The van der Waals surface area contributed by atoms with Gasteiger partial charge in [0.1, 0.15) is 6.61 Å². The van der Waals surface area contributed by atoms with E-state index in [2.05, 4.69) is 9.57 Å². The average Bonchev–Trinajstić information content (AvgIpc) is 2.68. The molecule has 0 atom stereocenters. The number of ether oxygens (including phenoxy) is 1. The summed E-state index contributed by atoms with van der Waals surface area (Å²) in [7, 11) is 0. The molecule has 0 spiro atoms. The van der Waals surface area contributed by atoms with Gasteiger partial charge in [0.05, 0.1) is 24.2 Å². The minimum Gasteiger partial charge on any atom is -0.371 e. The number of nitrogens with zero attached hydrogens (tertiary/aromatic N) is 1. The van der Waals surface area contributed by atoms with Crippen molar-refractivity contribution < 1.29 is 37.1 Å². The van der Waals surface area contributed by atoms with E-state index in [0.29, 0.717) is 0 Å². The molecule has 0 saturated heterocycles. The molecule has 1 heterocycles. The predicted octanol–water partition coefficient (Wildman–Crippen LogP) is 1.71. The number of halogens is 3. The molecule has 0 saturated carbocycles. The Labute approximate surface area is 122 Å². The lowest BCUT2D eigenvalue weighted by Gasteiger charge is -2.13.